The molecule has 0 N–H and O–H groups in total. The van der Waals surface area contributed by atoms with E-state index in [-0.39, 0.29) is 5.41 Å². The molecule has 1 aliphatic rings. The summed E-state index contributed by atoms with van der Waals surface area (Å²) in [4.78, 5) is 0. The maximum atomic E-state index is 2.48. The summed E-state index contributed by atoms with van der Waals surface area (Å²) in [6, 6.07) is 58.0. The molecule has 9 aromatic rings. The molecule has 0 bridgehead atoms. The lowest BCUT2D eigenvalue weighted by Crippen LogP contribution is -2.14. The molecular weight excluding hydrogens is 569 g/mol. The molecule has 1 aliphatic carbocycles. The number of para-hydroxylation sites is 3. The lowest BCUT2D eigenvalue weighted by atomic mass is 9.82. The molecule has 0 fully saturated rings. The van der Waals surface area contributed by atoms with Crippen LogP contribution >= 0.6 is 0 Å². The van der Waals surface area contributed by atoms with Gasteiger partial charge in [0.1, 0.15) is 0 Å². The van der Waals surface area contributed by atoms with Gasteiger partial charge < -0.3 is 9.13 Å². The van der Waals surface area contributed by atoms with Crippen LogP contribution in [-0.2, 0) is 5.41 Å². The molecule has 0 aliphatic heterocycles. The first-order chi connectivity index (χ1) is 23.1. The Balaban J connectivity index is 1.25. The third-order valence-electron chi connectivity index (χ3n) is 10.5. The maximum absolute atomic E-state index is 2.48. The summed E-state index contributed by atoms with van der Waals surface area (Å²) in [5, 5.41) is 5.05. The molecule has 222 valence electrons. The number of hydrogen-bond acceptors (Lipinski definition) is 0. The standard InChI is InChI=1S/C45H32N2/c1-45(2)38-19-9-6-17-37(38)42-32(18-12-20-39(42)45)29-23-25-31(26-24-29)47-41-22-11-8-16-34(41)36-28-27-35-33-15-7-10-21-40(33)46(43(35)44(36)47)30-13-4-3-5-14-30/h3-28H,1-2H3. The van der Waals surface area contributed by atoms with Crippen molar-refractivity contribution in [3.8, 4) is 33.6 Å². The average molecular weight is 601 g/mol. The third kappa shape index (κ3) is 3.56. The molecule has 0 saturated carbocycles. The molecule has 0 radical (unpaired) electrons. The van der Waals surface area contributed by atoms with E-state index in [1.165, 1.54) is 82.7 Å². The average Bonchev–Trinajstić information content (AvgIpc) is 3.72. The van der Waals surface area contributed by atoms with Gasteiger partial charge in [-0.3, -0.25) is 0 Å². The van der Waals surface area contributed by atoms with Gasteiger partial charge in [-0.2, -0.15) is 0 Å². The number of nitrogens with zero attached hydrogens (tertiary/aromatic N) is 2. The van der Waals surface area contributed by atoms with Crippen molar-refractivity contribution >= 4 is 43.6 Å². The largest absolute Gasteiger partial charge is 0.307 e. The lowest BCUT2D eigenvalue weighted by molar-refractivity contribution is 0.660. The van der Waals surface area contributed by atoms with Crippen molar-refractivity contribution < 1.29 is 0 Å². The van der Waals surface area contributed by atoms with Gasteiger partial charge in [0.15, 0.2) is 0 Å². The number of fused-ring (bicyclic) bond motifs is 10. The molecule has 10 rings (SSSR count). The first kappa shape index (κ1) is 26.4. The summed E-state index contributed by atoms with van der Waals surface area (Å²) in [5.74, 6) is 0. The second-order valence-corrected chi connectivity index (χ2v) is 13.3. The highest BCUT2D eigenvalue weighted by Crippen LogP contribution is 2.52. The molecule has 2 nitrogen and oxygen atoms in total. The van der Waals surface area contributed by atoms with Gasteiger partial charge in [0.2, 0.25) is 0 Å². The highest BCUT2D eigenvalue weighted by molar-refractivity contribution is 6.23. The van der Waals surface area contributed by atoms with E-state index in [1.807, 2.05) is 0 Å². The molecule has 0 amide bonds. The highest BCUT2D eigenvalue weighted by Gasteiger charge is 2.36. The van der Waals surface area contributed by atoms with E-state index < -0.39 is 0 Å². The summed E-state index contributed by atoms with van der Waals surface area (Å²) in [5.41, 5.74) is 15.3. The molecule has 7 aromatic carbocycles. The summed E-state index contributed by atoms with van der Waals surface area (Å²) in [7, 11) is 0. The van der Waals surface area contributed by atoms with Crippen molar-refractivity contribution in [1.29, 1.82) is 0 Å². The molecule has 0 unspecified atom stereocenters. The molecule has 0 saturated heterocycles. The van der Waals surface area contributed by atoms with E-state index in [0.717, 1.165) is 5.69 Å². The van der Waals surface area contributed by atoms with Crippen molar-refractivity contribution in [2.45, 2.75) is 19.3 Å². The van der Waals surface area contributed by atoms with Crippen molar-refractivity contribution in [2.75, 3.05) is 0 Å². The van der Waals surface area contributed by atoms with Crippen molar-refractivity contribution in [3.05, 3.63) is 169 Å². The monoisotopic (exact) mass is 600 g/mol. The fourth-order valence-corrected chi connectivity index (χ4v) is 8.40. The fourth-order valence-electron chi connectivity index (χ4n) is 8.40. The van der Waals surface area contributed by atoms with Gasteiger partial charge in [0.05, 0.1) is 22.1 Å². The predicted molar refractivity (Wildman–Crippen MR) is 198 cm³/mol. The Labute approximate surface area is 273 Å². The Morgan fingerprint density at radius 3 is 1.55 bits per heavy atom. The Morgan fingerprint density at radius 2 is 0.894 bits per heavy atom. The van der Waals surface area contributed by atoms with Gasteiger partial charge in [-0.25, -0.2) is 0 Å². The van der Waals surface area contributed by atoms with E-state index in [0.29, 0.717) is 0 Å². The van der Waals surface area contributed by atoms with Gasteiger partial charge in [-0.05, 0) is 69.8 Å². The van der Waals surface area contributed by atoms with Gasteiger partial charge in [-0.15, -0.1) is 0 Å². The fraction of sp³-hybridized carbons (Fsp3) is 0.0667. The van der Waals surface area contributed by atoms with E-state index in [4.69, 9.17) is 0 Å². The van der Waals surface area contributed by atoms with Crippen LogP contribution in [0.25, 0.3) is 77.2 Å². The Hall–Kier alpha value is -5.86. The topological polar surface area (TPSA) is 9.86 Å². The quantitative estimate of drug-likeness (QED) is 0.191. The first-order valence-corrected chi connectivity index (χ1v) is 16.5. The first-order valence-electron chi connectivity index (χ1n) is 16.5. The molecule has 47 heavy (non-hydrogen) atoms. The summed E-state index contributed by atoms with van der Waals surface area (Å²) in [6.45, 7) is 4.70. The van der Waals surface area contributed by atoms with Crippen LogP contribution in [0.15, 0.2) is 158 Å². The van der Waals surface area contributed by atoms with Crippen molar-refractivity contribution in [2.24, 2.45) is 0 Å². The van der Waals surface area contributed by atoms with Crippen LogP contribution in [0.3, 0.4) is 0 Å². The van der Waals surface area contributed by atoms with Crippen molar-refractivity contribution in [3.63, 3.8) is 0 Å². The smallest absolute Gasteiger partial charge is 0.0788 e. The zero-order valence-electron chi connectivity index (χ0n) is 26.4. The number of rotatable bonds is 3. The maximum Gasteiger partial charge on any atom is 0.0788 e. The van der Waals surface area contributed by atoms with Gasteiger partial charge in [-0.1, -0.05) is 135 Å². The molecule has 2 aromatic heterocycles. The molecule has 2 heteroatoms. The Bertz CT molecular complexity index is 2680. The second-order valence-electron chi connectivity index (χ2n) is 13.3. The van der Waals surface area contributed by atoms with E-state index in [9.17, 15) is 0 Å². The van der Waals surface area contributed by atoms with Crippen LogP contribution in [0, 0.1) is 0 Å². The lowest BCUT2D eigenvalue weighted by Gasteiger charge is -2.21. The molecule has 2 heterocycles. The van der Waals surface area contributed by atoms with Crippen LogP contribution in [0.2, 0.25) is 0 Å². The summed E-state index contributed by atoms with van der Waals surface area (Å²) < 4.78 is 4.92. The highest BCUT2D eigenvalue weighted by atomic mass is 15.0. The Morgan fingerprint density at radius 1 is 0.383 bits per heavy atom. The van der Waals surface area contributed by atoms with E-state index in [1.54, 1.807) is 0 Å². The van der Waals surface area contributed by atoms with Crippen LogP contribution in [0.1, 0.15) is 25.0 Å². The van der Waals surface area contributed by atoms with Crippen LogP contribution in [-0.4, -0.2) is 9.13 Å². The third-order valence-corrected chi connectivity index (χ3v) is 10.5. The van der Waals surface area contributed by atoms with Gasteiger partial charge in [0.25, 0.3) is 0 Å². The minimum atomic E-state index is -0.0204. The number of aromatic nitrogens is 2. The SMILES string of the molecule is CC1(C)c2ccccc2-c2c(-c3ccc(-n4c5ccccc5c5ccc6c7ccccc7n(-c7ccccc7)c6c54)cc3)cccc21. The van der Waals surface area contributed by atoms with Crippen molar-refractivity contribution in [1.82, 2.24) is 9.13 Å². The van der Waals surface area contributed by atoms with E-state index >= 15 is 0 Å². The van der Waals surface area contributed by atoms with E-state index in [2.05, 4.69) is 181 Å². The van der Waals surface area contributed by atoms with Crippen LogP contribution in [0.5, 0.6) is 0 Å². The summed E-state index contributed by atoms with van der Waals surface area (Å²) in [6.07, 6.45) is 0. The number of hydrogen-bond donors (Lipinski definition) is 0. The predicted octanol–water partition coefficient (Wildman–Crippen LogP) is 11.9. The van der Waals surface area contributed by atoms with Gasteiger partial charge in [0, 0.05) is 38.3 Å². The second kappa shape index (κ2) is 9.57. The van der Waals surface area contributed by atoms with Crippen LogP contribution in [0.4, 0.5) is 0 Å². The molecular formula is C45H32N2. The van der Waals surface area contributed by atoms with Gasteiger partial charge >= 0.3 is 0 Å². The Kier molecular flexibility index (Phi) is 5.37. The minimum absolute atomic E-state index is 0.0204. The summed E-state index contributed by atoms with van der Waals surface area (Å²) >= 11 is 0. The minimum Gasteiger partial charge on any atom is -0.307 e. The molecule has 0 spiro atoms. The zero-order valence-corrected chi connectivity index (χ0v) is 26.4. The molecule has 0 atom stereocenters. The zero-order chi connectivity index (χ0) is 31.3. The van der Waals surface area contributed by atoms with Crippen LogP contribution < -0.4 is 0 Å². The normalized spacial score (nSPS) is 13.5. The number of benzene rings is 7.